The number of aliphatic hydroxyl groups is 1. The zero-order valence-electron chi connectivity index (χ0n) is 13.7. The van der Waals surface area contributed by atoms with E-state index in [0.29, 0.717) is 5.56 Å². The highest BCUT2D eigenvalue weighted by Crippen LogP contribution is 2.20. The second-order valence-electron chi connectivity index (χ2n) is 5.45. The summed E-state index contributed by atoms with van der Waals surface area (Å²) in [6.45, 7) is -0.187. The van der Waals surface area contributed by atoms with Crippen LogP contribution in [0.1, 0.15) is 18.1 Å². The van der Waals surface area contributed by atoms with Crippen LogP contribution in [0.15, 0.2) is 53.4 Å². The number of hydrogen-bond acceptors (Lipinski definition) is 4. The molecule has 1 unspecified atom stereocenters. The molecule has 2 rings (SSSR count). The number of sulfonamides is 1. The van der Waals surface area contributed by atoms with Gasteiger partial charge in [0, 0.05) is 19.5 Å². The lowest BCUT2D eigenvalue weighted by molar-refractivity contribution is -0.121. The maximum absolute atomic E-state index is 12.8. The molecule has 2 aromatic carbocycles. The van der Waals surface area contributed by atoms with Crippen molar-refractivity contribution < 1.29 is 22.7 Å². The molecule has 2 aromatic rings. The first kappa shape index (κ1) is 20.3. The highest BCUT2D eigenvalue weighted by molar-refractivity contribution is 7.89. The lowest BCUT2D eigenvalue weighted by Crippen LogP contribution is -2.33. The predicted molar refractivity (Wildman–Crippen MR) is 95.6 cm³/mol. The maximum Gasteiger partial charge on any atom is 0.242 e. The van der Waals surface area contributed by atoms with E-state index < -0.39 is 27.9 Å². The van der Waals surface area contributed by atoms with Crippen molar-refractivity contribution >= 4 is 27.5 Å². The molecule has 140 valence electrons. The van der Waals surface area contributed by atoms with E-state index in [9.17, 15) is 22.7 Å². The van der Waals surface area contributed by atoms with Crippen molar-refractivity contribution in [2.24, 2.45) is 0 Å². The molecule has 0 spiro atoms. The summed E-state index contributed by atoms with van der Waals surface area (Å²) < 4.78 is 39.4. The summed E-state index contributed by atoms with van der Waals surface area (Å²) in [4.78, 5) is 11.7. The monoisotopic (exact) mass is 400 g/mol. The Hall–Kier alpha value is -2.00. The molecule has 1 atom stereocenters. The molecule has 0 bridgehead atoms. The Kier molecular flexibility index (Phi) is 7.10. The molecule has 0 aliphatic heterocycles. The Morgan fingerprint density at radius 2 is 1.81 bits per heavy atom. The van der Waals surface area contributed by atoms with Gasteiger partial charge in [-0.05, 0) is 29.8 Å². The summed E-state index contributed by atoms with van der Waals surface area (Å²) in [5.74, 6) is -0.858. The first-order chi connectivity index (χ1) is 12.3. The second kappa shape index (κ2) is 9.09. The fourth-order valence-electron chi connectivity index (χ4n) is 2.14. The average Bonchev–Trinajstić information content (AvgIpc) is 2.60. The lowest BCUT2D eigenvalue weighted by atomic mass is 10.1. The number of halogens is 2. The third kappa shape index (κ3) is 5.77. The van der Waals surface area contributed by atoms with Crippen molar-refractivity contribution in [1.29, 1.82) is 0 Å². The number of hydrogen-bond donors (Lipinski definition) is 3. The Balaban J connectivity index is 1.78. The first-order valence-electron chi connectivity index (χ1n) is 7.74. The van der Waals surface area contributed by atoms with Gasteiger partial charge < -0.3 is 10.4 Å². The Labute approximate surface area is 156 Å². The van der Waals surface area contributed by atoms with Crippen molar-refractivity contribution in [3.8, 4) is 0 Å². The highest BCUT2D eigenvalue weighted by atomic mass is 35.5. The van der Waals surface area contributed by atoms with E-state index in [4.69, 9.17) is 11.6 Å². The smallest absolute Gasteiger partial charge is 0.242 e. The number of aliphatic hydroxyl groups excluding tert-OH is 1. The van der Waals surface area contributed by atoms with Gasteiger partial charge in [-0.1, -0.05) is 35.9 Å². The molecule has 0 aliphatic rings. The van der Waals surface area contributed by atoms with Crippen LogP contribution in [-0.2, 0) is 14.8 Å². The highest BCUT2D eigenvalue weighted by Gasteiger charge is 2.17. The second-order valence-corrected chi connectivity index (χ2v) is 7.59. The molecular weight excluding hydrogens is 383 g/mol. The number of benzene rings is 2. The first-order valence-corrected chi connectivity index (χ1v) is 9.60. The van der Waals surface area contributed by atoms with E-state index in [1.165, 1.54) is 36.4 Å². The molecule has 0 heterocycles. The van der Waals surface area contributed by atoms with Gasteiger partial charge in [-0.25, -0.2) is 17.5 Å². The van der Waals surface area contributed by atoms with E-state index in [0.717, 1.165) is 0 Å². The Morgan fingerprint density at radius 1 is 1.15 bits per heavy atom. The molecule has 1 amide bonds. The largest absolute Gasteiger partial charge is 0.387 e. The quantitative estimate of drug-likeness (QED) is 0.631. The summed E-state index contributed by atoms with van der Waals surface area (Å²) in [5, 5.41) is 12.5. The van der Waals surface area contributed by atoms with Gasteiger partial charge in [0.05, 0.1) is 11.1 Å². The Morgan fingerprint density at radius 3 is 2.46 bits per heavy atom. The standard InChI is InChI=1S/C17H18ClFN2O4S/c18-14-3-1-2-4-16(14)26(24,25)21-10-9-17(23)20-11-15(22)12-5-7-13(19)8-6-12/h1-8,15,21-22H,9-11H2,(H,20,23). The number of rotatable bonds is 8. The zero-order valence-corrected chi connectivity index (χ0v) is 15.2. The molecule has 0 radical (unpaired) electrons. The number of carbonyl (C=O) groups excluding carboxylic acids is 1. The van der Waals surface area contributed by atoms with E-state index in [-0.39, 0.29) is 29.4 Å². The van der Waals surface area contributed by atoms with Gasteiger partial charge >= 0.3 is 0 Å². The summed E-state index contributed by atoms with van der Waals surface area (Å²) in [5.41, 5.74) is 0.464. The molecule has 0 aliphatic carbocycles. The van der Waals surface area contributed by atoms with Crippen LogP contribution in [0.25, 0.3) is 0 Å². The fraction of sp³-hybridized carbons (Fsp3) is 0.235. The molecule has 0 saturated heterocycles. The third-order valence-corrected chi connectivity index (χ3v) is 5.48. The van der Waals surface area contributed by atoms with Crippen LogP contribution < -0.4 is 10.0 Å². The van der Waals surface area contributed by atoms with Crippen LogP contribution >= 0.6 is 11.6 Å². The lowest BCUT2D eigenvalue weighted by Gasteiger charge is -2.12. The minimum atomic E-state index is -3.81. The van der Waals surface area contributed by atoms with Crippen molar-refractivity contribution in [1.82, 2.24) is 10.0 Å². The number of carbonyl (C=O) groups is 1. The van der Waals surface area contributed by atoms with Gasteiger partial charge in [-0.3, -0.25) is 4.79 Å². The summed E-state index contributed by atoms with van der Waals surface area (Å²) in [6.07, 6.45) is -1.10. The predicted octanol–water partition coefficient (Wildman–Crippen LogP) is 2.00. The van der Waals surface area contributed by atoms with Gasteiger partial charge in [0.2, 0.25) is 15.9 Å². The van der Waals surface area contributed by atoms with Crippen LogP contribution in [0.5, 0.6) is 0 Å². The SMILES string of the molecule is O=C(CCNS(=O)(=O)c1ccccc1Cl)NCC(O)c1ccc(F)cc1. The maximum atomic E-state index is 12.8. The molecule has 6 nitrogen and oxygen atoms in total. The normalized spacial score (nSPS) is 12.6. The minimum absolute atomic E-state index is 0.0613. The van der Waals surface area contributed by atoms with Crippen LogP contribution in [0, 0.1) is 5.82 Å². The van der Waals surface area contributed by atoms with Crippen LogP contribution in [0.3, 0.4) is 0 Å². The molecule has 9 heteroatoms. The molecule has 3 N–H and O–H groups in total. The topological polar surface area (TPSA) is 95.5 Å². The third-order valence-electron chi connectivity index (χ3n) is 3.52. The fourth-order valence-corrected chi connectivity index (χ4v) is 3.69. The van der Waals surface area contributed by atoms with Gasteiger partial charge in [0.1, 0.15) is 10.7 Å². The zero-order chi connectivity index (χ0) is 19.2. The van der Waals surface area contributed by atoms with Gasteiger partial charge in [0.15, 0.2) is 0 Å². The van der Waals surface area contributed by atoms with Gasteiger partial charge in [-0.15, -0.1) is 0 Å². The molecule has 0 aromatic heterocycles. The molecular formula is C17H18ClFN2O4S. The molecule has 0 saturated carbocycles. The summed E-state index contributed by atoms with van der Waals surface area (Å²) in [6, 6.07) is 11.2. The van der Waals surface area contributed by atoms with Crippen molar-refractivity contribution in [2.45, 2.75) is 17.4 Å². The van der Waals surface area contributed by atoms with E-state index in [1.807, 2.05) is 0 Å². The van der Waals surface area contributed by atoms with Crippen LogP contribution in [-0.4, -0.2) is 32.5 Å². The van der Waals surface area contributed by atoms with E-state index >= 15 is 0 Å². The van der Waals surface area contributed by atoms with Gasteiger partial charge in [-0.2, -0.15) is 0 Å². The summed E-state index contributed by atoms with van der Waals surface area (Å²) >= 11 is 5.85. The van der Waals surface area contributed by atoms with Crippen molar-refractivity contribution in [3.05, 3.63) is 64.9 Å². The van der Waals surface area contributed by atoms with E-state index in [1.54, 1.807) is 12.1 Å². The van der Waals surface area contributed by atoms with Crippen molar-refractivity contribution in [2.75, 3.05) is 13.1 Å². The number of amides is 1. The van der Waals surface area contributed by atoms with Crippen LogP contribution in [0.2, 0.25) is 5.02 Å². The molecule has 0 fully saturated rings. The van der Waals surface area contributed by atoms with Crippen LogP contribution in [0.4, 0.5) is 4.39 Å². The molecule has 26 heavy (non-hydrogen) atoms. The van der Waals surface area contributed by atoms with Gasteiger partial charge in [0.25, 0.3) is 0 Å². The van der Waals surface area contributed by atoms with E-state index in [2.05, 4.69) is 10.0 Å². The van der Waals surface area contributed by atoms with Crippen molar-refractivity contribution in [3.63, 3.8) is 0 Å². The number of nitrogens with one attached hydrogen (secondary N) is 2. The summed E-state index contributed by atoms with van der Waals surface area (Å²) in [7, 11) is -3.81. The minimum Gasteiger partial charge on any atom is -0.387 e. The Bertz CT molecular complexity index is 859. The average molecular weight is 401 g/mol.